The quantitative estimate of drug-likeness (QED) is 0.442. The standard InChI is InChI=1S/C18H28O.C5H12.C4H10.C2H6O/c1-8-19-16-13-15(18(5,6)7)10-9-14(16)11-12-17(2,3)4;1-3-5-4-2;1-3-4-2;1-3-2/h9-13H,8H2,1-7H3;3-5H2,1-2H3;3-4H2,1-2H3;1-2H3/b12-11+;;;. The van der Waals surface area contributed by atoms with Gasteiger partial charge in [0.1, 0.15) is 5.75 Å². The van der Waals surface area contributed by atoms with Gasteiger partial charge < -0.3 is 9.47 Å². The summed E-state index contributed by atoms with van der Waals surface area (Å²) < 4.78 is 10.0. The first kappa shape index (κ1) is 34.3. The second-order valence-electron chi connectivity index (χ2n) is 9.90. The third kappa shape index (κ3) is 23.2. The van der Waals surface area contributed by atoms with E-state index in [1.54, 1.807) is 14.2 Å². The largest absolute Gasteiger partial charge is 0.493 e. The molecule has 0 atom stereocenters. The summed E-state index contributed by atoms with van der Waals surface area (Å²) in [6.45, 7) is 24.8. The molecular weight excluding hydrogens is 380 g/mol. The lowest BCUT2D eigenvalue weighted by atomic mass is 9.86. The van der Waals surface area contributed by atoms with E-state index in [9.17, 15) is 0 Å². The van der Waals surface area contributed by atoms with Crippen LogP contribution in [0.1, 0.15) is 119 Å². The van der Waals surface area contributed by atoms with Crippen molar-refractivity contribution in [3.63, 3.8) is 0 Å². The minimum Gasteiger partial charge on any atom is -0.493 e. The molecule has 0 radical (unpaired) electrons. The zero-order chi connectivity index (χ0) is 24.9. The van der Waals surface area contributed by atoms with Crippen LogP contribution >= 0.6 is 0 Å². The lowest BCUT2D eigenvalue weighted by Gasteiger charge is -2.21. The van der Waals surface area contributed by atoms with Crippen LogP contribution in [0.25, 0.3) is 6.08 Å². The van der Waals surface area contributed by atoms with Crippen LogP contribution in [0.2, 0.25) is 0 Å². The Morgan fingerprint density at radius 2 is 1.26 bits per heavy atom. The molecule has 0 spiro atoms. The highest BCUT2D eigenvalue weighted by Crippen LogP contribution is 2.30. The van der Waals surface area contributed by atoms with Crippen LogP contribution in [0.4, 0.5) is 0 Å². The molecule has 1 aromatic carbocycles. The van der Waals surface area contributed by atoms with Gasteiger partial charge in [0.2, 0.25) is 0 Å². The van der Waals surface area contributed by atoms with Gasteiger partial charge in [-0.2, -0.15) is 0 Å². The third-order valence-corrected chi connectivity index (χ3v) is 4.15. The fourth-order valence-corrected chi connectivity index (χ4v) is 2.11. The first-order chi connectivity index (χ1) is 14.4. The van der Waals surface area contributed by atoms with Gasteiger partial charge in [-0.05, 0) is 29.4 Å². The number of unbranched alkanes of at least 4 members (excludes halogenated alkanes) is 3. The third-order valence-electron chi connectivity index (χ3n) is 4.15. The first-order valence-electron chi connectivity index (χ1n) is 12.2. The number of benzene rings is 1. The normalized spacial score (nSPS) is 10.9. The van der Waals surface area contributed by atoms with Crippen LogP contribution in [0.5, 0.6) is 5.75 Å². The van der Waals surface area contributed by atoms with E-state index < -0.39 is 0 Å². The molecule has 0 aliphatic carbocycles. The van der Waals surface area contributed by atoms with E-state index in [4.69, 9.17) is 4.74 Å². The second-order valence-corrected chi connectivity index (χ2v) is 9.90. The van der Waals surface area contributed by atoms with Gasteiger partial charge in [-0.15, -0.1) is 0 Å². The summed E-state index contributed by atoms with van der Waals surface area (Å²) >= 11 is 0. The Morgan fingerprint density at radius 1 is 0.774 bits per heavy atom. The highest BCUT2D eigenvalue weighted by molar-refractivity contribution is 5.59. The Balaban J connectivity index is -0.000000538. The summed E-state index contributed by atoms with van der Waals surface area (Å²) in [4.78, 5) is 0. The Morgan fingerprint density at radius 3 is 1.55 bits per heavy atom. The van der Waals surface area contributed by atoms with Gasteiger partial charge in [0.05, 0.1) is 6.61 Å². The van der Waals surface area contributed by atoms with Gasteiger partial charge in [-0.3, -0.25) is 0 Å². The Bertz CT molecular complexity index is 527. The van der Waals surface area contributed by atoms with Gasteiger partial charge in [0.15, 0.2) is 0 Å². The molecule has 0 aromatic heterocycles. The van der Waals surface area contributed by atoms with Crippen molar-refractivity contribution in [2.24, 2.45) is 5.41 Å². The molecule has 0 saturated carbocycles. The number of ether oxygens (including phenoxy) is 2. The summed E-state index contributed by atoms with van der Waals surface area (Å²) in [5, 5.41) is 0. The molecule has 184 valence electrons. The van der Waals surface area contributed by atoms with E-state index in [1.807, 2.05) is 6.92 Å². The average molecular weight is 437 g/mol. The maximum atomic E-state index is 5.79. The first-order valence-corrected chi connectivity index (χ1v) is 12.2. The fourth-order valence-electron chi connectivity index (χ4n) is 2.11. The molecule has 0 unspecified atom stereocenters. The Kier molecular flexibility index (Phi) is 22.8. The lowest BCUT2D eigenvalue weighted by molar-refractivity contribution is 0.277. The molecule has 2 heteroatoms. The maximum Gasteiger partial charge on any atom is 0.126 e. The SMILES string of the molecule is CCCC.CCCCC.CCOc1cc(C(C)(C)C)ccc1/C=C/C(C)(C)C.COC. The van der Waals surface area contributed by atoms with Crippen molar-refractivity contribution in [1.29, 1.82) is 0 Å². The van der Waals surface area contributed by atoms with Crippen molar-refractivity contribution in [2.75, 3.05) is 20.8 Å². The Hall–Kier alpha value is -1.28. The predicted molar refractivity (Wildman–Crippen MR) is 144 cm³/mol. The number of rotatable bonds is 6. The van der Waals surface area contributed by atoms with Gasteiger partial charge in [-0.1, -0.05) is 126 Å². The van der Waals surface area contributed by atoms with E-state index in [2.05, 4.69) is 104 Å². The summed E-state index contributed by atoms with van der Waals surface area (Å²) in [6.07, 6.45) is 11.1. The molecule has 0 amide bonds. The second kappa shape index (κ2) is 20.6. The molecule has 1 aromatic rings. The molecule has 2 nitrogen and oxygen atoms in total. The highest BCUT2D eigenvalue weighted by atomic mass is 16.5. The minimum absolute atomic E-state index is 0.151. The van der Waals surface area contributed by atoms with E-state index in [1.165, 1.54) is 37.7 Å². The van der Waals surface area contributed by atoms with E-state index in [0.717, 1.165) is 11.3 Å². The van der Waals surface area contributed by atoms with E-state index in [0.29, 0.717) is 6.61 Å². The van der Waals surface area contributed by atoms with Gasteiger partial charge in [0.25, 0.3) is 0 Å². The van der Waals surface area contributed by atoms with Crippen LogP contribution in [0, 0.1) is 5.41 Å². The maximum absolute atomic E-state index is 5.79. The number of hydrogen-bond donors (Lipinski definition) is 0. The van der Waals surface area contributed by atoms with E-state index in [-0.39, 0.29) is 10.8 Å². The predicted octanol–water partition coefficient (Wildman–Crippen LogP) is 9.71. The minimum atomic E-state index is 0.151. The summed E-state index contributed by atoms with van der Waals surface area (Å²) in [5.74, 6) is 0.982. The summed E-state index contributed by atoms with van der Waals surface area (Å²) in [5.41, 5.74) is 2.80. The number of methoxy groups -OCH3 is 1. The Labute approximate surface area is 196 Å². The number of hydrogen-bond acceptors (Lipinski definition) is 2. The number of allylic oxidation sites excluding steroid dienone is 1. The summed E-state index contributed by atoms with van der Waals surface area (Å²) in [7, 11) is 3.25. The van der Waals surface area contributed by atoms with Crippen molar-refractivity contribution >= 4 is 6.08 Å². The van der Waals surface area contributed by atoms with Crippen LogP contribution in [-0.4, -0.2) is 20.8 Å². The van der Waals surface area contributed by atoms with Crippen molar-refractivity contribution in [3.8, 4) is 5.75 Å². The van der Waals surface area contributed by atoms with Gasteiger partial charge >= 0.3 is 0 Å². The molecule has 0 aliphatic heterocycles. The molecule has 0 fully saturated rings. The van der Waals surface area contributed by atoms with Crippen LogP contribution in [-0.2, 0) is 10.2 Å². The van der Waals surface area contributed by atoms with Crippen molar-refractivity contribution < 1.29 is 9.47 Å². The summed E-state index contributed by atoms with van der Waals surface area (Å²) in [6, 6.07) is 6.53. The molecule has 0 saturated heterocycles. The van der Waals surface area contributed by atoms with Gasteiger partial charge in [-0.25, -0.2) is 0 Å². The fraction of sp³-hybridized carbons (Fsp3) is 0.724. The van der Waals surface area contributed by atoms with Crippen molar-refractivity contribution in [3.05, 3.63) is 35.4 Å². The highest BCUT2D eigenvalue weighted by Gasteiger charge is 2.15. The molecule has 0 bridgehead atoms. The van der Waals surface area contributed by atoms with E-state index >= 15 is 0 Å². The monoisotopic (exact) mass is 436 g/mol. The van der Waals surface area contributed by atoms with Crippen molar-refractivity contribution in [2.45, 2.75) is 114 Å². The smallest absolute Gasteiger partial charge is 0.126 e. The van der Waals surface area contributed by atoms with Crippen LogP contribution in [0.15, 0.2) is 24.3 Å². The molecule has 0 heterocycles. The molecular formula is C29H56O2. The van der Waals surface area contributed by atoms with Crippen LogP contribution in [0.3, 0.4) is 0 Å². The zero-order valence-electron chi connectivity index (χ0n) is 23.4. The molecule has 31 heavy (non-hydrogen) atoms. The molecule has 0 N–H and O–H groups in total. The lowest BCUT2D eigenvalue weighted by Crippen LogP contribution is -2.11. The van der Waals surface area contributed by atoms with Crippen LogP contribution < -0.4 is 4.74 Å². The topological polar surface area (TPSA) is 18.5 Å². The van der Waals surface area contributed by atoms with Crippen molar-refractivity contribution in [1.82, 2.24) is 0 Å². The zero-order valence-corrected chi connectivity index (χ0v) is 23.4. The van der Waals surface area contributed by atoms with Gasteiger partial charge in [0, 0.05) is 19.8 Å². The molecule has 1 rings (SSSR count). The molecule has 0 aliphatic rings. The average Bonchev–Trinajstić information content (AvgIpc) is 2.68.